The van der Waals surface area contributed by atoms with Gasteiger partial charge in [0.1, 0.15) is 0 Å². The average Bonchev–Trinajstić information content (AvgIpc) is 2.41. The van der Waals surface area contributed by atoms with Crippen molar-refractivity contribution in [1.82, 2.24) is 0 Å². The van der Waals surface area contributed by atoms with Crippen LogP contribution in [-0.2, 0) is 12.8 Å². The summed E-state index contributed by atoms with van der Waals surface area (Å²) in [7, 11) is 0. The van der Waals surface area contributed by atoms with Gasteiger partial charge in [-0.25, -0.2) is 0 Å². The summed E-state index contributed by atoms with van der Waals surface area (Å²) in [6, 6.07) is 16.5. The van der Waals surface area contributed by atoms with Crippen molar-refractivity contribution in [3.63, 3.8) is 0 Å². The van der Waals surface area contributed by atoms with Crippen molar-refractivity contribution in [2.24, 2.45) is 11.7 Å². The van der Waals surface area contributed by atoms with Crippen molar-refractivity contribution in [3.05, 3.63) is 70.2 Å². The Bertz CT molecular complexity index is 546. The average molecular weight is 288 g/mol. The van der Waals surface area contributed by atoms with E-state index in [2.05, 4.69) is 38.1 Å². The Balaban J connectivity index is 2.06. The molecule has 106 valence electrons. The highest BCUT2D eigenvalue weighted by atomic mass is 35.5. The maximum Gasteiger partial charge on any atom is 0.0438 e. The first kappa shape index (κ1) is 15.1. The molecule has 20 heavy (non-hydrogen) atoms. The molecule has 2 aromatic rings. The summed E-state index contributed by atoms with van der Waals surface area (Å²) < 4.78 is 0. The summed E-state index contributed by atoms with van der Waals surface area (Å²) in [5.74, 6) is 0.678. The van der Waals surface area contributed by atoms with E-state index in [9.17, 15) is 0 Å². The van der Waals surface area contributed by atoms with Crippen LogP contribution >= 0.6 is 11.6 Å². The van der Waals surface area contributed by atoms with E-state index in [1.807, 2.05) is 24.3 Å². The van der Waals surface area contributed by atoms with Gasteiger partial charge in [-0.05, 0) is 41.5 Å². The Labute approximate surface area is 126 Å². The predicted octanol–water partition coefficient (Wildman–Crippen LogP) is 4.78. The first-order valence-corrected chi connectivity index (χ1v) is 7.52. The van der Waals surface area contributed by atoms with Crippen molar-refractivity contribution in [3.8, 4) is 0 Å². The minimum Gasteiger partial charge on any atom is -0.324 e. The highest BCUT2D eigenvalue weighted by Gasteiger charge is 2.09. The van der Waals surface area contributed by atoms with E-state index in [1.54, 1.807) is 0 Å². The second-order valence-electron chi connectivity index (χ2n) is 5.74. The van der Waals surface area contributed by atoms with Crippen LogP contribution in [0.3, 0.4) is 0 Å². The lowest BCUT2D eigenvalue weighted by atomic mass is 9.96. The van der Waals surface area contributed by atoms with Crippen LogP contribution in [0.1, 0.15) is 36.6 Å². The highest BCUT2D eigenvalue weighted by Crippen LogP contribution is 2.22. The lowest BCUT2D eigenvalue weighted by Gasteiger charge is -2.14. The molecule has 0 fully saturated rings. The normalized spacial score (nSPS) is 12.7. The van der Waals surface area contributed by atoms with E-state index in [0.29, 0.717) is 5.92 Å². The summed E-state index contributed by atoms with van der Waals surface area (Å²) in [6.45, 7) is 4.47. The van der Waals surface area contributed by atoms with Gasteiger partial charge in [0, 0.05) is 11.1 Å². The number of halogens is 1. The molecule has 1 nitrogen and oxygen atoms in total. The van der Waals surface area contributed by atoms with Gasteiger partial charge in [-0.1, -0.05) is 67.9 Å². The summed E-state index contributed by atoms with van der Waals surface area (Å²) >= 11 is 6.18. The predicted molar refractivity (Wildman–Crippen MR) is 87.1 cm³/mol. The van der Waals surface area contributed by atoms with E-state index in [1.165, 1.54) is 5.56 Å². The van der Waals surface area contributed by atoms with Crippen LogP contribution in [0.25, 0.3) is 0 Å². The summed E-state index contributed by atoms with van der Waals surface area (Å²) in [4.78, 5) is 0. The van der Waals surface area contributed by atoms with Crippen molar-refractivity contribution in [2.45, 2.75) is 32.7 Å². The monoisotopic (exact) mass is 287 g/mol. The molecular formula is C18H22ClN. The number of hydrogen-bond donors (Lipinski definition) is 1. The summed E-state index contributed by atoms with van der Waals surface area (Å²) in [5.41, 5.74) is 9.93. The van der Waals surface area contributed by atoms with E-state index in [0.717, 1.165) is 29.0 Å². The maximum absolute atomic E-state index is 6.29. The van der Waals surface area contributed by atoms with Gasteiger partial charge < -0.3 is 5.73 Å². The molecule has 2 N–H and O–H groups in total. The third-order valence-electron chi connectivity index (χ3n) is 3.45. The van der Waals surface area contributed by atoms with Crippen molar-refractivity contribution in [1.29, 1.82) is 0 Å². The second kappa shape index (κ2) is 6.92. The van der Waals surface area contributed by atoms with Gasteiger partial charge in [0.05, 0.1) is 0 Å². The summed E-state index contributed by atoms with van der Waals surface area (Å²) in [5, 5.41) is 0.791. The Hall–Kier alpha value is -1.31. The van der Waals surface area contributed by atoms with Crippen LogP contribution in [-0.4, -0.2) is 0 Å². The molecule has 1 atom stereocenters. The molecule has 2 aromatic carbocycles. The third-order valence-corrected chi connectivity index (χ3v) is 3.82. The smallest absolute Gasteiger partial charge is 0.0438 e. The molecule has 2 rings (SSSR count). The lowest BCUT2D eigenvalue weighted by molar-refractivity contribution is 0.646. The van der Waals surface area contributed by atoms with Gasteiger partial charge in [-0.15, -0.1) is 0 Å². The molecular weight excluding hydrogens is 266 g/mol. The third kappa shape index (κ3) is 4.09. The minimum absolute atomic E-state index is 0.0111. The number of benzene rings is 2. The molecule has 2 heteroatoms. The van der Waals surface area contributed by atoms with E-state index < -0.39 is 0 Å². The number of hydrogen-bond acceptors (Lipinski definition) is 1. The molecule has 0 radical (unpaired) electrons. The first-order valence-electron chi connectivity index (χ1n) is 7.14. The molecule has 0 aliphatic carbocycles. The van der Waals surface area contributed by atoms with Crippen molar-refractivity contribution < 1.29 is 0 Å². The molecule has 1 unspecified atom stereocenters. The van der Waals surface area contributed by atoms with Crippen LogP contribution in [0.5, 0.6) is 0 Å². The van der Waals surface area contributed by atoms with Gasteiger partial charge in [-0.2, -0.15) is 0 Å². The van der Waals surface area contributed by atoms with E-state index in [-0.39, 0.29) is 6.04 Å². The molecule has 0 saturated heterocycles. The Morgan fingerprint density at radius 1 is 0.950 bits per heavy atom. The lowest BCUT2D eigenvalue weighted by Crippen LogP contribution is -2.13. The quantitative estimate of drug-likeness (QED) is 0.841. The van der Waals surface area contributed by atoms with Crippen LogP contribution in [0.4, 0.5) is 0 Å². The van der Waals surface area contributed by atoms with Crippen molar-refractivity contribution >= 4 is 11.6 Å². The molecule has 0 bridgehead atoms. The zero-order valence-electron chi connectivity index (χ0n) is 12.1. The highest BCUT2D eigenvalue weighted by molar-refractivity contribution is 6.31. The second-order valence-corrected chi connectivity index (χ2v) is 6.15. The van der Waals surface area contributed by atoms with E-state index >= 15 is 0 Å². The molecule has 0 saturated carbocycles. The van der Waals surface area contributed by atoms with Gasteiger partial charge >= 0.3 is 0 Å². The molecule has 0 aromatic heterocycles. The fraction of sp³-hybridized carbons (Fsp3) is 0.333. The zero-order chi connectivity index (χ0) is 14.5. The summed E-state index contributed by atoms with van der Waals surface area (Å²) in [6.07, 6.45) is 1.88. The van der Waals surface area contributed by atoms with Crippen LogP contribution in [0.2, 0.25) is 5.02 Å². The fourth-order valence-electron chi connectivity index (χ4n) is 2.39. The molecule has 0 spiro atoms. The topological polar surface area (TPSA) is 26.0 Å². The Morgan fingerprint density at radius 2 is 1.60 bits per heavy atom. The largest absolute Gasteiger partial charge is 0.324 e. The molecule has 0 aliphatic rings. The first-order chi connectivity index (χ1) is 9.56. The molecule has 0 aliphatic heterocycles. The molecule has 0 amide bonds. The number of rotatable bonds is 5. The van der Waals surface area contributed by atoms with Crippen LogP contribution < -0.4 is 5.73 Å². The van der Waals surface area contributed by atoms with Gasteiger partial charge in [0.25, 0.3) is 0 Å². The maximum atomic E-state index is 6.29. The fourth-order valence-corrected chi connectivity index (χ4v) is 2.60. The van der Waals surface area contributed by atoms with Gasteiger partial charge in [0.2, 0.25) is 0 Å². The minimum atomic E-state index is -0.0111. The number of nitrogens with two attached hydrogens (primary N) is 1. The SMILES string of the molecule is CC(C)Cc1ccc(C(N)Cc2ccccc2Cl)cc1. The zero-order valence-corrected chi connectivity index (χ0v) is 12.9. The molecule has 0 heterocycles. The van der Waals surface area contributed by atoms with Gasteiger partial charge in [0.15, 0.2) is 0 Å². The standard InChI is InChI=1S/C18H22ClN/c1-13(2)11-14-7-9-15(10-8-14)18(20)12-16-5-3-4-6-17(16)19/h3-10,13,18H,11-12,20H2,1-2H3. The van der Waals surface area contributed by atoms with E-state index in [4.69, 9.17) is 17.3 Å². The van der Waals surface area contributed by atoms with Crippen LogP contribution in [0, 0.1) is 5.92 Å². The van der Waals surface area contributed by atoms with Crippen LogP contribution in [0.15, 0.2) is 48.5 Å². The Kier molecular flexibility index (Phi) is 5.22. The van der Waals surface area contributed by atoms with Gasteiger partial charge in [-0.3, -0.25) is 0 Å². The Morgan fingerprint density at radius 3 is 2.20 bits per heavy atom. The van der Waals surface area contributed by atoms with Crippen molar-refractivity contribution in [2.75, 3.05) is 0 Å².